The number of pyridine rings is 1. The Morgan fingerprint density at radius 1 is 1.47 bits per heavy atom. The number of piperidine rings is 1. The molecule has 0 aliphatic carbocycles. The number of imidazole rings is 1. The predicted octanol–water partition coefficient (Wildman–Crippen LogP) is 1.93. The second kappa shape index (κ2) is 4.45. The largest absolute Gasteiger partial charge is 0.302 e. The number of fused-ring (bicyclic) bond motifs is 1. The molecule has 1 atom stereocenters. The van der Waals surface area contributed by atoms with Crippen LogP contribution < -0.4 is 5.32 Å². The summed E-state index contributed by atoms with van der Waals surface area (Å²) in [6.45, 7) is 1.91. The van der Waals surface area contributed by atoms with Crippen molar-refractivity contribution in [2.75, 3.05) is 0 Å². The molecule has 1 unspecified atom stereocenters. The molecule has 0 bridgehead atoms. The second-order valence-corrected chi connectivity index (χ2v) is 5.49. The molecule has 1 N–H and O–H groups in total. The average Bonchev–Trinajstić information content (AvgIpc) is 2.68. The van der Waals surface area contributed by atoms with E-state index in [4.69, 9.17) is 0 Å². The van der Waals surface area contributed by atoms with E-state index in [-0.39, 0.29) is 17.7 Å². The highest BCUT2D eigenvalue weighted by molar-refractivity contribution is 9.10. The summed E-state index contributed by atoms with van der Waals surface area (Å²) >= 11 is 3.49. The standard InChI is InChI=1S/C13H12BrN3O2/c1-7-11-9(14)3-2-6-17(11)12(15-7)8-4-5-10(18)16-13(8)19/h2-3,6,8H,4-5H2,1H3,(H,16,18,19). The summed E-state index contributed by atoms with van der Waals surface area (Å²) in [5.41, 5.74) is 1.83. The normalized spacial score (nSPS) is 19.8. The molecule has 2 amide bonds. The predicted molar refractivity (Wildman–Crippen MR) is 72.8 cm³/mol. The van der Waals surface area contributed by atoms with Gasteiger partial charge in [0.05, 0.1) is 17.1 Å². The maximum absolute atomic E-state index is 11.9. The van der Waals surface area contributed by atoms with Gasteiger partial charge in [-0.1, -0.05) is 0 Å². The zero-order valence-electron chi connectivity index (χ0n) is 10.3. The van der Waals surface area contributed by atoms with Gasteiger partial charge in [-0.3, -0.25) is 14.9 Å². The Bertz CT molecular complexity index is 692. The Hall–Kier alpha value is -1.69. The number of aromatic nitrogens is 2. The fourth-order valence-corrected chi connectivity index (χ4v) is 3.12. The number of rotatable bonds is 1. The third kappa shape index (κ3) is 1.96. The molecule has 0 radical (unpaired) electrons. The van der Waals surface area contributed by atoms with Crippen molar-refractivity contribution in [3.05, 3.63) is 34.3 Å². The molecular formula is C13H12BrN3O2. The first kappa shape index (κ1) is 12.3. The van der Waals surface area contributed by atoms with Gasteiger partial charge in [0, 0.05) is 17.1 Å². The Balaban J connectivity index is 2.13. The van der Waals surface area contributed by atoms with Crippen molar-refractivity contribution in [2.24, 2.45) is 0 Å². The monoisotopic (exact) mass is 321 g/mol. The number of halogens is 1. The minimum absolute atomic E-state index is 0.208. The van der Waals surface area contributed by atoms with Crippen LogP contribution in [0.2, 0.25) is 0 Å². The van der Waals surface area contributed by atoms with E-state index in [9.17, 15) is 9.59 Å². The second-order valence-electron chi connectivity index (χ2n) is 4.63. The Labute approximate surface area is 118 Å². The van der Waals surface area contributed by atoms with Crippen molar-refractivity contribution < 1.29 is 9.59 Å². The zero-order valence-corrected chi connectivity index (χ0v) is 11.9. The quantitative estimate of drug-likeness (QED) is 0.816. The fraction of sp³-hybridized carbons (Fsp3) is 0.308. The maximum Gasteiger partial charge on any atom is 0.237 e. The summed E-state index contributed by atoms with van der Waals surface area (Å²) in [6.07, 6.45) is 2.76. The van der Waals surface area contributed by atoms with Gasteiger partial charge in [-0.25, -0.2) is 4.98 Å². The van der Waals surface area contributed by atoms with Crippen LogP contribution in [0.3, 0.4) is 0 Å². The molecule has 2 aromatic rings. The first-order valence-corrected chi connectivity index (χ1v) is 6.84. The summed E-state index contributed by atoms with van der Waals surface area (Å²) in [6, 6.07) is 3.84. The highest BCUT2D eigenvalue weighted by atomic mass is 79.9. The Kier molecular flexibility index (Phi) is 2.89. The molecule has 3 rings (SSSR count). The van der Waals surface area contributed by atoms with E-state index < -0.39 is 0 Å². The van der Waals surface area contributed by atoms with Crippen LogP contribution in [0, 0.1) is 6.92 Å². The molecule has 0 spiro atoms. The zero-order chi connectivity index (χ0) is 13.6. The smallest absolute Gasteiger partial charge is 0.237 e. The lowest BCUT2D eigenvalue weighted by Gasteiger charge is -2.19. The first-order valence-electron chi connectivity index (χ1n) is 6.04. The Morgan fingerprint density at radius 3 is 3.00 bits per heavy atom. The number of amides is 2. The van der Waals surface area contributed by atoms with Crippen LogP contribution in [0.25, 0.3) is 5.52 Å². The van der Waals surface area contributed by atoms with Crippen molar-refractivity contribution in [2.45, 2.75) is 25.7 Å². The van der Waals surface area contributed by atoms with E-state index in [1.54, 1.807) is 0 Å². The van der Waals surface area contributed by atoms with E-state index in [0.29, 0.717) is 18.7 Å². The minimum Gasteiger partial charge on any atom is -0.302 e. The number of carbonyl (C=O) groups excluding carboxylic acids is 2. The van der Waals surface area contributed by atoms with E-state index >= 15 is 0 Å². The lowest BCUT2D eigenvalue weighted by Crippen LogP contribution is -2.40. The topological polar surface area (TPSA) is 63.5 Å². The molecule has 2 aromatic heterocycles. The minimum atomic E-state index is -0.367. The van der Waals surface area contributed by atoms with Crippen molar-refractivity contribution in [3.63, 3.8) is 0 Å². The van der Waals surface area contributed by atoms with Crippen molar-refractivity contribution >= 4 is 33.3 Å². The number of hydrogen-bond donors (Lipinski definition) is 1. The highest BCUT2D eigenvalue weighted by Gasteiger charge is 2.31. The summed E-state index contributed by atoms with van der Waals surface area (Å²) in [4.78, 5) is 27.7. The number of nitrogens with zero attached hydrogens (tertiary/aromatic N) is 2. The van der Waals surface area contributed by atoms with Crippen molar-refractivity contribution in [1.82, 2.24) is 14.7 Å². The van der Waals surface area contributed by atoms with E-state index in [2.05, 4.69) is 26.2 Å². The van der Waals surface area contributed by atoms with E-state index in [1.807, 2.05) is 29.7 Å². The number of hydrogen-bond acceptors (Lipinski definition) is 3. The Morgan fingerprint density at radius 2 is 2.26 bits per heavy atom. The van der Waals surface area contributed by atoms with Gasteiger partial charge < -0.3 is 4.40 Å². The number of nitrogens with one attached hydrogen (secondary N) is 1. The van der Waals surface area contributed by atoms with Gasteiger partial charge in [0.15, 0.2) is 0 Å². The van der Waals surface area contributed by atoms with Gasteiger partial charge in [-0.2, -0.15) is 0 Å². The fourth-order valence-electron chi connectivity index (χ4n) is 2.48. The molecule has 19 heavy (non-hydrogen) atoms. The van der Waals surface area contributed by atoms with Crippen LogP contribution in [-0.4, -0.2) is 21.2 Å². The molecule has 3 heterocycles. The van der Waals surface area contributed by atoms with Crippen LogP contribution >= 0.6 is 15.9 Å². The molecule has 5 nitrogen and oxygen atoms in total. The van der Waals surface area contributed by atoms with Crippen LogP contribution in [0.5, 0.6) is 0 Å². The SMILES string of the molecule is Cc1nc(C2CCC(=O)NC2=O)n2cccc(Br)c12. The summed E-state index contributed by atoms with van der Waals surface area (Å²) in [5, 5.41) is 2.37. The third-order valence-corrected chi connectivity index (χ3v) is 4.01. The average molecular weight is 322 g/mol. The van der Waals surface area contributed by atoms with Crippen LogP contribution in [-0.2, 0) is 9.59 Å². The molecule has 6 heteroatoms. The number of carbonyl (C=O) groups is 2. The van der Waals surface area contributed by atoms with Crippen LogP contribution in [0.1, 0.15) is 30.3 Å². The summed E-state index contributed by atoms with van der Waals surface area (Å²) in [5.74, 6) is -0.143. The summed E-state index contributed by atoms with van der Waals surface area (Å²) in [7, 11) is 0. The van der Waals surface area contributed by atoms with Gasteiger partial charge in [-0.05, 0) is 41.4 Å². The van der Waals surface area contributed by atoms with E-state index in [1.165, 1.54) is 0 Å². The van der Waals surface area contributed by atoms with Gasteiger partial charge >= 0.3 is 0 Å². The van der Waals surface area contributed by atoms with Crippen molar-refractivity contribution in [3.8, 4) is 0 Å². The van der Waals surface area contributed by atoms with Crippen molar-refractivity contribution in [1.29, 1.82) is 0 Å². The van der Waals surface area contributed by atoms with Gasteiger partial charge in [-0.15, -0.1) is 0 Å². The highest BCUT2D eigenvalue weighted by Crippen LogP contribution is 2.29. The first-order chi connectivity index (χ1) is 9.08. The third-order valence-electron chi connectivity index (χ3n) is 3.37. The molecule has 1 aliphatic heterocycles. The van der Waals surface area contributed by atoms with Gasteiger partial charge in [0.1, 0.15) is 5.82 Å². The molecular weight excluding hydrogens is 310 g/mol. The molecule has 0 aromatic carbocycles. The van der Waals surface area contributed by atoms with E-state index in [0.717, 1.165) is 15.7 Å². The van der Waals surface area contributed by atoms with Crippen LogP contribution in [0.4, 0.5) is 0 Å². The molecule has 98 valence electrons. The molecule has 1 fully saturated rings. The molecule has 1 aliphatic rings. The van der Waals surface area contributed by atoms with Crippen LogP contribution in [0.15, 0.2) is 22.8 Å². The lowest BCUT2D eigenvalue weighted by atomic mass is 9.97. The number of imide groups is 1. The van der Waals surface area contributed by atoms with Gasteiger partial charge in [0.2, 0.25) is 11.8 Å². The number of aryl methyl sites for hydroxylation is 1. The lowest BCUT2D eigenvalue weighted by molar-refractivity contribution is -0.134. The molecule has 0 saturated carbocycles. The molecule has 1 saturated heterocycles. The van der Waals surface area contributed by atoms with Gasteiger partial charge in [0.25, 0.3) is 0 Å². The summed E-state index contributed by atoms with van der Waals surface area (Å²) < 4.78 is 2.86. The maximum atomic E-state index is 11.9.